The van der Waals surface area contributed by atoms with Crippen LogP contribution < -0.4 is 0 Å². The van der Waals surface area contributed by atoms with Gasteiger partial charge in [-0.3, -0.25) is 9.59 Å². The van der Waals surface area contributed by atoms with Gasteiger partial charge in [0.15, 0.2) is 11.6 Å². The highest BCUT2D eigenvalue weighted by Gasteiger charge is 2.40. The average molecular weight is 319 g/mol. The maximum atomic E-state index is 13.5. The van der Waals surface area contributed by atoms with Crippen molar-refractivity contribution >= 4 is 27.5 Å². The van der Waals surface area contributed by atoms with Crippen molar-refractivity contribution in [1.29, 1.82) is 0 Å². The van der Waals surface area contributed by atoms with Crippen molar-refractivity contribution in [3.63, 3.8) is 0 Å². The molecule has 3 rings (SSSR count). The van der Waals surface area contributed by atoms with Gasteiger partial charge in [-0.15, -0.1) is 0 Å². The van der Waals surface area contributed by atoms with Gasteiger partial charge in [-0.2, -0.15) is 0 Å². The van der Waals surface area contributed by atoms with Crippen molar-refractivity contribution < 1.29 is 14.0 Å². The van der Waals surface area contributed by atoms with Crippen LogP contribution in [0, 0.1) is 5.82 Å². The fourth-order valence-corrected chi connectivity index (χ4v) is 2.86. The summed E-state index contributed by atoms with van der Waals surface area (Å²) < 4.78 is 13.7. The summed E-state index contributed by atoms with van der Waals surface area (Å²) in [4.78, 5) is 24.6. The minimum absolute atomic E-state index is 0.175. The summed E-state index contributed by atoms with van der Waals surface area (Å²) in [5.74, 6) is -1.96. The van der Waals surface area contributed by atoms with E-state index in [9.17, 15) is 14.0 Å². The normalized spacial score (nSPS) is 14.8. The fraction of sp³-hybridized carbons (Fsp3) is 0.0667. The van der Waals surface area contributed by atoms with E-state index in [0.29, 0.717) is 16.7 Å². The van der Waals surface area contributed by atoms with Crippen molar-refractivity contribution in [2.45, 2.75) is 5.92 Å². The fourth-order valence-electron chi connectivity index (χ4n) is 2.37. The van der Waals surface area contributed by atoms with Gasteiger partial charge in [-0.25, -0.2) is 4.39 Å². The number of ketones is 2. The Balaban J connectivity index is 2.17. The predicted octanol–water partition coefficient (Wildman–Crippen LogP) is 3.75. The number of carbonyl (C=O) groups excluding carboxylic acids is 2. The van der Waals surface area contributed by atoms with Crippen LogP contribution in [0.15, 0.2) is 46.9 Å². The summed E-state index contributed by atoms with van der Waals surface area (Å²) in [6.45, 7) is 0. The molecule has 0 saturated heterocycles. The molecule has 0 heterocycles. The topological polar surface area (TPSA) is 34.1 Å². The lowest BCUT2D eigenvalue weighted by molar-refractivity contribution is 0.0889. The molecule has 2 aromatic rings. The summed E-state index contributed by atoms with van der Waals surface area (Å²) >= 11 is 3.11. The molecule has 1 aliphatic carbocycles. The van der Waals surface area contributed by atoms with Gasteiger partial charge in [-0.05, 0) is 27.6 Å². The molecule has 0 fully saturated rings. The molecule has 0 saturated carbocycles. The van der Waals surface area contributed by atoms with Crippen molar-refractivity contribution in [2.24, 2.45) is 0 Å². The first-order valence-corrected chi connectivity index (χ1v) is 6.52. The number of hydrogen-bond donors (Lipinski definition) is 0. The summed E-state index contributed by atoms with van der Waals surface area (Å²) in [6, 6.07) is 11.1. The standard InChI is InChI=1S/C15H8BrFO2/c16-13-10(6-3-7-11(13)17)12-14(18)8-4-1-2-5-9(8)15(12)19/h1-7,12H. The van der Waals surface area contributed by atoms with Crippen LogP contribution in [0.4, 0.5) is 4.39 Å². The number of fused-ring (bicyclic) bond motifs is 1. The number of benzene rings is 2. The van der Waals surface area contributed by atoms with Gasteiger partial charge in [0.2, 0.25) is 0 Å². The Hall–Kier alpha value is -1.81. The molecule has 0 atom stereocenters. The lowest BCUT2D eigenvalue weighted by atomic mass is 9.94. The van der Waals surface area contributed by atoms with E-state index >= 15 is 0 Å². The molecule has 0 spiro atoms. The van der Waals surface area contributed by atoms with Crippen LogP contribution in [-0.2, 0) is 0 Å². The van der Waals surface area contributed by atoms with Crippen LogP contribution in [0.3, 0.4) is 0 Å². The van der Waals surface area contributed by atoms with Gasteiger partial charge < -0.3 is 0 Å². The molecule has 0 N–H and O–H groups in total. The van der Waals surface area contributed by atoms with Gasteiger partial charge >= 0.3 is 0 Å². The van der Waals surface area contributed by atoms with E-state index in [1.807, 2.05) is 0 Å². The molecule has 0 bridgehead atoms. The summed E-state index contributed by atoms with van der Waals surface area (Å²) in [5, 5.41) is 0. The molecular formula is C15H8BrFO2. The third kappa shape index (κ3) is 1.75. The SMILES string of the molecule is O=C1c2ccccc2C(=O)C1c1cccc(F)c1Br. The Kier molecular flexibility index (Phi) is 2.82. The quantitative estimate of drug-likeness (QED) is 0.750. The van der Waals surface area contributed by atoms with Crippen molar-refractivity contribution in [2.75, 3.05) is 0 Å². The zero-order valence-corrected chi connectivity index (χ0v) is 11.3. The average Bonchev–Trinajstić information content (AvgIpc) is 2.67. The first-order valence-electron chi connectivity index (χ1n) is 5.72. The van der Waals surface area contributed by atoms with Crippen LogP contribution in [0.2, 0.25) is 0 Å². The highest BCUT2D eigenvalue weighted by Crippen LogP contribution is 2.37. The Morgan fingerprint density at radius 1 is 0.895 bits per heavy atom. The minimum Gasteiger partial charge on any atom is -0.293 e. The number of Topliss-reactive ketones (excluding diaryl/α,β-unsaturated/α-hetero) is 2. The molecule has 94 valence electrons. The van der Waals surface area contributed by atoms with Crippen LogP contribution in [-0.4, -0.2) is 11.6 Å². The monoisotopic (exact) mass is 318 g/mol. The molecule has 0 amide bonds. The van der Waals surface area contributed by atoms with E-state index in [1.54, 1.807) is 30.3 Å². The first-order chi connectivity index (χ1) is 9.11. The zero-order valence-electron chi connectivity index (χ0n) is 9.69. The van der Waals surface area contributed by atoms with E-state index in [0.717, 1.165) is 0 Å². The van der Waals surface area contributed by atoms with Gasteiger partial charge in [-0.1, -0.05) is 36.4 Å². The highest BCUT2D eigenvalue weighted by molar-refractivity contribution is 9.10. The summed E-state index contributed by atoms with van der Waals surface area (Å²) in [5.41, 5.74) is 1.20. The predicted molar refractivity (Wildman–Crippen MR) is 71.9 cm³/mol. The number of carbonyl (C=O) groups is 2. The molecule has 1 aliphatic rings. The van der Waals surface area contributed by atoms with E-state index < -0.39 is 11.7 Å². The molecule has 0 radical (unpaired) electrons. The molecule has 2 aromatic carbocycles. The Morgan fingerprint density at radius 3 is 2.05 bits per heavy atom. The maximum Gasteiger partial charge on any atom is 0.178 e. The molecular weight excluding hydrogens is 311 g/mol. The minimum atomic E-state index is -0.942. The van der Waals surface area contributed by atoms with Crippen molar-refractivity contribution in [1.82, 2.24) is 0 Å². The summed E-state index contributed by atoms with van der Waals surface area (Å²) in [6.07, 6.45) is 0. The Labute approximate surface area is 117 Å². The van der Waals surface area contributed by atoms with E-state index in [4.69, 9.17) is 0 Å². The third-order valence-electron chi connectivity index (χ3n) is 3.27. The third-order valence-corrected chi connectivity index (χ3v) is 4.11. The molecule has 0 unspecified atom stereocenters. The second-order valence-corrected chi connectivity index (χ2v) is 5.14. The number of rotatable bonds is 1. The van der Waals surface area contributed by atoms with Crippen LogP contribution in [0.1, 0.15) is 32.2 Å². The zero-order chi connectivity index (χ0) is 13.6. The maximum absolute atomic E-state index is 13.5. The largest absolute Gasteiger partial charge is 0.293 e. The first kappa shape index (κ1) is 12.2. The lowest BCUT2D eigenvalue weighted by Crippen LogP contribution is -2.13. The van der Waals surface area contributed by atoms with Crippen LogP contribution >= 0.6 is 15.9 Å². The molecule has 2 nitrogen and oxygen atoms in total. The Bertz CT molecular complexity index is 674. The van der Waals surface area contributed by atoms with Gasteiger partial charge in [0.05, 0.1) is 4.47 Å². The van der Waals surface area contributed by atoms with E-state index in [-0.39, 0.29) is 16.0 Å². The van der Waals surface area contributed by atoms with Gasteiger partial charge in [0.1, 0.15) is 11.7 Å². The Morgan fingerprint density at radius 2 is 1.47 bits per heavy atom. The second kappa shape index (κ2) is 4.38. The number of halogens is 2. The van der Waals surface area contributed by atoms with Crippen LogP contribution in [0.25, 0.3) is 0 Å². The van der Waals surface area contributed by atoms with Gasteiger partial charge in [0, 0.05) is 11.1 Å². The smallest absolute Gasteiger partial charge is 0.178 e. The van der Waals surface area contributed by atoms with Crippen molar-refractivity contribution in [3.05, 3.63) is 69.4 Å². The highest BCUT2D eigenvalue weighted by atomic mass is 79.9. The second-order valence-electron chi connectivity index (χ2n) is 4.35. The van der Waals surface area contributed by atoms with E-state index in [1.165, 1.54) is 12.1 Å². The van der Waals surface area contributed by atoms with Crippen LogP contribution in [0.5, 0.6) is 0 Å². The molecule has 19 heavy (non-hydrogen) atoms. The van der Waals surface area contributed by atoms with E-state index in [2.05, 4.69) is 15.9 Å². The summed E-state index contributed by atoms with van der Waals surface area (Å²) in [7, 11) is 0. The number of hydrogen-bond acceptors (Lipinski definition) is 2. The van der Waals surface area contributed by atoms with Gasteiger partial charge in [0.25, 0.3) is 0 Å². The lowest BCUT2D eigenvalue weighted by Gasteiger charge is -2.10. The van der Waals surface area contributed by atoms with Crippen molar-refractivity contribution in [3.8, 4) is 0 Å². The molecule has 4 heteroatoms. The molecule has 0 aromatic heterocycles. The molecule has 0 aliphatic heterocycles.